The predicted molar refractivity (Wildman–Crippen MR) is 77.6 cm³/mol. The molecule has 2 unspecified atom stereocenters. The van der Waals surface area contributed by atoms with Crippen molar-refractivity contribution >= 4 is 5.91 Å². The van der Waals surface area contributed by atoms with E-state index in [1.54, 1.807) is 26.0 Å². The Balaban J connectivity index is 2.00. The average molecular weight is 306 g/mol. The van der Waals surface area contributed by atoms with Crippen molar-refractivity contribution in [2.45, 2.75) is 26.0 Å². The van der Waals surface area contributed by atoms with E-state index < -0.39 is 29.7 Å². The number of rotatable bonds is 5. The van der Waals surface area contributed by atoms with Gasteiger partial charge in [0, 0.05) is 6.20 Å². The summed E-state index contributed by atoms with van der Waals surface area (Å²) in [7, 11) is 0. The number of aromatic nitrogens is 1. The molecule has 0 aliphatic carbocycles. The number of halogens is 2. The Labute approximate surface area is 127 Å². The molecular formula is C16H16F2N2O2. The molecule has 1 aromatic heterocycles. The van der Waals surface area contributed by atoms with Gasteiger partial charge in [0.05, 0.1) is 17.8 Å². The number of carbonyl (C=O) groups excluding carboxylic acids is 1. The molecule has 1 aromatic carbocycles. The second-order valence-electron chi connectivity index (χ2n) is 4.87. The molecule has 2 aromatic rings. The molecule has 0 aliphatic rings. The highest BCUT2D eigenvalue weighted by atomic mass is 19.1. The van der Waals surface area contributed by atoms with Crippen LogP contribution in [-0.4, -0.2) is 23.0 Å². The smallest absolute Gasteiger partial charge is 0.254 e. The lowest BCUT2D eigenvalue weighted by Gasteiger charge is -2.23. The van der Waals surface area contributed by atoms with Crippen molar-refractivity contribution < 1.29 is 18.3 Å². The van der Waals surface area contributed by atoms with Gasteiger partial charge in [-0.15, -0.1) is 0 Å². The molecule has 0 aliphatic heterocycles. The Morgan fingerprint density at radius 3 is 2.59 bits per heavy atom. The number of nitrogens with one attached hydrogen (secondary N) is 1. The fourth-order valence-corrected chi connectivity index (χ4v) is 1.80. The van der Waals surface area contributed by atoms with Crippen molar-refractivity contribution in [2.75, 3.05) is 0 Å². The maximum Gasteiger partial charge on any atom is 0.254 e. The molecule has 0 bridgehead atoms. The highest BCUT2D eigenvalue weighted by molar-refractivity contribution is 5.94. The molecule has 0 fully saturated rings. The van der Waals surface area contributed by atoms with Crippen molar-refractivity contribution in [3.8, 4) is 5.75 Å². The van der Waals surface area contributed by atoms with E-state index >= 15 is 0 Å². The fraction of sp³-hybridized carbons (Fsp3) is 0.250. The van der Waals surface area contributed by atoms with Gasteiger partial charge in [-0.1, -0.05) is 12.1 Å². The van der Waals surface area contributed by atoms with E-state index in [2.05, 4.69) is 10.3 Å². The van der Waals surface area contributed by atoms with Gasteiger partial charge in [0.25, 0.3) is 5.91 Å². The van der Waals surface area contributed by atoms with Crippen molar-refractivity contribution in [3.05, 3.63) is 59.9 Å². The van der Waals surface area contributed by atoms with Crippen LogP contribution in [0, 0.1) is 11.6 Å². The number of pyridine rings is 1. The van der Waals surface area contributed by atoms with Gasteiger partial charge in [-0.25, -0.2) is 8.78 Å². The van der Waals surface area contributed by atoms with E-state index in [1.807, 2.05) is 0 Å². The third-order valence-electron chi connectivity index (χ3n) is 3.23. The molecule has 0 saturated heterocycles. The maximum atomic E-state index is 13.5. The number of hydrogen-bond acceptors (Lipinski definition) is 3. The van der Waals surface area contributed by atoms with Gasteiger partial charge in [0.2, 0.25) is 0 Å². The van der Waals surface area contributed by atoms with Gasteiger partial charge in [0.1, 0.15) is 6.10 Å². The van der Waals surface area contributed by atoms with Crippen molar-refractivity contribution in [1.82, 2.24) is 10.3 Å². The predicted octanol–water partition coefficient (Wildman–Crippen LogP) is 2.95. The number of ether oxygens (including phenoxy) is 1. The van der Waals surface area contributed by atoms with Crippen LogP contribution in [-0.2, 0) is 0 Å². The number of hydrogen-bond donors (Lipinski definition) is 1. The number of amides is 1. The van der Waals surface area contributed by atoms with E-state index in [1.165, 1.54) is 24.4 Å². The Hall–Kier alpha value is -2.50. The molecule has 2 atom stereocenters. The van der Waals surface area contributed by atoms with Gasteiger partial charge < -0.3 is 10.1 Å². The summed E-state index contributed by atoms with van der Waals surface area (Å²) in [5.41, 5.74) is -0.0973. The Bertz CT molecular complexity index is 664. The second-order valence-corrected chi connectivity index (χ2v) is 4.87. The van der Waals surface area contributed by atoms with E-state index in [9.17, 15) is 13.6 Å². The molecule has 6 heteroatoms. The summed E-state index contributed by atoms with van der Waals surface area (Å²) in [5, 5.41) is 2.62. The minimum atomic E-state index is -0.699. The standard InChI is InChI=1S/C16H16F2N2O2/c1-10(11(2)22-15-6-4-3-5-13(15)17)20-16(21)12-7-8-19-9-14(12)18/h3-11H,1-2H3,(H,20,21). The summed E-state index contributed by atoms with van der Waals surface area (Å²) in [6.07, 6.45) is 1.81. The first kappa shape index (κ1) is 15.9. The van der Waals surface area contributed by atoms with Crippen LogP contribution in [0.3, 0.4) is 0 Å². The van der Waals surface area contributed by atoms with E-state index in [0.717, 1.165) is 6.20 Å². The minimum absolute atomic E-state index is 0.0973. The van der Waals surface area contributed by atoms with Crippen molar-refractivity contribution in [2.24, 2.45) is 0 Å². The quantitative estimate of drug-likeness (QED) is 0.924. The summed E-state index contributed by atoms with van der Waals surface area (Å²) in [5.74, 6) is -1.65. The van der Waals surface area contributed by atoms with Gasteiger partial charge in [-0.05, 0) is 32.0 Å². The van der Waals surface area contributed by atoms with E-state index in [4.69, 9.17) is 4.74 Å². The molecule has 22 heavy (non-hydrogen) atoms. The fourth-order valence-electron chi connectivity index (χ4n) is 1.80. The van der Waals surface area contributed by atoms with Gasteiger partial charge in [-0.2, -0.15) is 0 Å². The van der Waals surface area contributed by atoms with Crippen LogP contribution in [0.5, 0.6) is 5.75 Å². The molecule has 1 amide bonds. The third kappa shape index (κ3) is 3.78. The largest absolute Gasteiger partial charge is 0.486 e. The third-order valence-corrected chi connectivity index (χ3v) is 3.23. The summed E-state index contributed by atoms with van der Waals surface area (Å²) in [6, 6.07) is 6.85. The molecule has 0 spiro atoms. The van der Waals surface area contributed by atoms with E-state index in [0.29, 0.717) is 0 Å². The van der Waals surface area contributed by atoms with Crippen LogP contribution in [0.25, 0.3) is 0 Å². The zero-order valence-electron chi connectivity index (χ0n) is 12.2. The molecule has 2 rings (SSSR count). The zero-order chi connectivity index (χ0) is 16.1. The summed E-state index contributed by atoms with van der Waals surface area (Å²) in [6.45, 7) is 3.39. The minimum Gasteiger partial charge on any atom is -0.486 e. The lowest BCUT2D eigenvalue weighted by Crippen LogP contribution is -2.42. The Morgan fingerprint density at radius 2 is 1.91 bits per heavy atom. The van der Waals surface area contributed by atoms with Crippen LogP contribution in [0.1, 0.15) is 24.2 Å². The Kier molecular flexibility index (Phi) is 5.04. The average Bonchev–Trinajstić information content (AvgIpc) is 2.49. The van der Waals surface area contributed by atoms with Crippen molar-refractivity contribution in [1.29, 1.82) is 0 Å². The Morgan fingerprint density at radius 1 is 1.18 bits per heavy atom. The second kappa shape index (κ2) is 6.98. The SMILES string of the molecule is CC(NC(=O)c1ccncc1F)C(C)Oc1ccccc1F. The molecular weight excluding hydrogens is 290 g/mol. The molecule has 1 N–H and O–H groups in total. The topological polar surface area (TPSA) is 51.2 Å². The molecule has 1 heterocycles. The number of nitrogens with zero attached hydrogens (tertiary/aromatic N) is 1. The van der Waals surface area contributed by atoms with Gasteiger partial charge >= 0.3 is 0 Å². The van der Waals surface area contributed by atoms with Crippen molar-refractivity contribution in [3.63, 3.8) is 0 Å². The van der Waals surface area contributed by atoms with Crippen LogP contribution >= 0.6 is 0 Å². The summed E-state index contributed by atoms with van der Waals surface area (Å²) < 4.78 is 32.5. The molecule has 0 radical (unpaired) electrons. The highest BCUT2D eigenvalue weighted by Crippen LogP contribution is 2.18. The lowest BCUT2D eigenvalue weighted by atomic mass is 10.1. The molecule has 116 valence electrons. The molecule has 4 nitrogen and oxygen atoms in total. The van der Waals surface area contributed by atoms with Crippen LogP contribution in [0.2, 0.25) is 0 Å². The number of para-hydroxylation sites is 1. The normalized spacial score (nSPS) is 13.3. The lowest BCUT2D eigenvalue weighted by molar-refractivity contribution is 0.0887. The first-order valence-corrected chi connectivity index (χ1v) is 6.80. The molecule has 0 saturated carbocycles. The van der Waals surface area contributed by atoms with Crippen LogP contribution < -0.4 is 10.1 Å². The first-order valence-electron chi connectivity index (χ1n) is 6.80. The maximum absolute atomic E-state index is 13.5. The highest BCUT2D eigenvalue weighted by Gasteiger charge is 2.20. The number of benzene rings is 1. The van der Waals surface area contributed by atoms with Crippen LogP contribution in [0.15, 0.2) is 42.7 Å². The van der Waals surface area contributed by atoms with E-state index in [-0.39, 0.29) is 11.3 Å². The van der Waals surface area contributed by atoms with Crippen LogP contribution in [0.4, 0.5) is 8.78 Å². The summed E-state index contributed by atoms with van der Waals surface area (Å²) in [4.78, 5) is 15.6. The number of carbonyl (C=O) groups is 1. The zero-order valence-corrected chi connectivity index (χ0v) is 12.2. The van der Waals surface area contributed by atoms with Gasteiger partial charge in [-0.3, -0.25) is 9.78 Å². The first-order chi connectivity index (χ1) is 10.5. The monoisotopic (exact) mass is 306 g/mol. The summed E-state index contributed by atoms with van der Waals surface area (Å²) >= 11 is 0. The van der Waals surface area contributed by atoms with Gasteiger partial charge in [0.15, 0.2) is 17.4 Å².